The van der Waals surface area contributed by atoms with E-state index in [1.807, 2.05) is 12.1 Å². The lowest BCUT2D eigenvalue weighted by atomic mass is 9.75. The molecule has 3 unspecified atom stereocenters. The minimum Gasteiger partial charge on any atom is -0.495 e. The van der Waals surface area contributed by atoms with E-state index in [1.165, 1.54) is 31.2 Å². The maximum Gasteiger partial charge on any atom is 0.142 e. The van der Waals surface area contributed by atoms with Crippen LogP contribution in [0.2, 0.25) is 0 Å². The Morgan fingerprint density at radius 1 is 1.29 bits per heavy atom. The predicted octanol–water partition coefficient (Wildman–Crippen LogP) is 2.68. The van der Waals surface area contributed by atoms with Gasteiger partial charge in [0.1, 0.15) is 5.75 Å². The third kappa shape index (κ3) is 1.69. The number of hydrogen-bond donors (Lipinski definition) is 2. The summed E-state index contributed by atoms with van der Waals surface area (Å²) < 4.78 is 5.42. The molecule has 0 amide bonds. The van der Waals surface area contributed by atoms with E-state index in [1.54, 1.807) is 7.11 Å². The monoisotopic (exact) mass is 232 g/mol. The maximum absolute atomic E-state index is 6.43. The molecule has 1 aliphatic carbocycles. The Balaban J connectivity index is 2.02. The van der Waals surface area contributed by atoms with Crippen LogP contribution in [-0.2, 0) is 0 Å². The van der Waals surface area contributed by atoms with Gasteiger partial charge in [0.15, 0.2) is 0 Å². The molecule has 3 heteroatoms. The number of rotatable bonds is 1. The van der Waals surface area contributed by atoms with Crippen molar-refractivity contribution < 1.29 is 4.74 Å². The first-order chi connectivity index (χ1) is 8.31. The van der Waals surface area contributed by atoms with Crippen molar-refractivity contribution in [2.45, 2.75) is 37.8 Å². The summed E-state index contributed by atoms with van der Waals surface area (Å²) in [6, 6.07) is 6.85. The molecular formula is C14H20N2O. The van der Waals surface area contributed by atoms with Crippen molar-refractivity contribution in [3.8, 4) is 5.75 Å². The van der Waals surface area contributed by atoms with Gasteiger partial charge in [-0.25, -0.2) is 0 Å². The van der Waals surface area contributed by atoms with Gasteiger partial charge in [0, 0.05) is 12.1 Å². The lowest BCUT2D eigenvalue weighted by Gasteiger charge is -2.42. The number of ether oxygens (including phenoxy) is 1. The molecule has 1 fully saturated rings. The Kier molecular flexibility index (Phi) is 2.71. The number of para-hydroxylation sites is 1. The van der Waals surface area contributed by atoms with Crippen LogP contribution in [0, 0.1) is 5.92 Å². The van der Waals surface area contributed by atoms with Crippen LogP contribution in [0.3, 0.4) is 0 Å². The van der Waals surface area contributed by atoms with Crippen LogP contribution in [0.4, 0.5) is 5.69 Å². The molecule has 92 valence electrons. The minimum absolute atomic E-state index is 0.159. The van der Waals surface area contributed by atoms with Gasteiger partial charge in [0.25, 0.3) is 0 Å². The standard InChI is InChI=1S/C14H20N2O/c1-17-12-8-4-6-10-13(15)9-5-2-3-7-11(9)16-14(10)12/h4,6,8-9,11,13,16H,2-3,5,7,15H2,1H3. The zero-order valence-corrected chi connectivity index (χ0v) is 10.3. The van der Waals surface area contributed by atoms with Crippen LogP contribution in [0.5, 0.6) is 5.75 Å². The summed E-state index contributed by atoms with van der Waals surface area (Å²) in [7, 11) is 1.72. The molecule has 0 bridgehead atoms. The van der Waals surface area contributed by atoms with E-state index in [0.29, 0.717) is 12.0 Å². The molecule has 17 heavy (non-hydrogen) atoms. The highest BCUT2D eigenvalue weighted by Gasteiger charge is 2.36. The van der Waals surface area contributed by atoms with Crippen molar-refractivity contribution in [1.29, 1.82) is 0 Å². The van der Waals surface area contributed by atoms with Crippen LogP contribution >= 0.6 is 0 Å². The number of benzene rings is 1. The molecule has 0 aromatic heterocycles. The van der Waals surface area contributed by atoms with Gasteiger partial charge in [-0.3, -0.25) is 0 Å². The lowest BCUT2D eigenvalue weighted by Crippen LogP contribution is -2.43. The van der Waals surface area contributed by atoms with Crippen molar-refractivity contribution in [2.24, 2.45) is 11.7 Å². The second kappa shape index (κ2) is 4.22. The van der Waals surface area contributed by atoms with E-state index < -0.39 is 0 Å². The fourth-order valence-electron chi connectivity index (χ4n) is 3.34. The molecule has 0 spiro atoms. The molecule has 3 N–H and O–H groups in total. The Hall–Kier alpha value is -1.22. The predicted molar refractivity (Wildman–Crippen MR) is 69.3 cm³/mol. The highest BCUT2D eigenvalue weighted by molar-refractivity contribution is 5.65. The first-order valence-electron chi connectivity index (χ1n) is 6.50. The van der Waals surface area contributed by atoms with Gasteiger partial charge in [-0.05, 0) is 30.4 Å². The molecule has 0 saturated heterocycles. The summed E-state index contributed by atoms with van der Waals surface area (Å²) in [6.07, 6.45) is 5.10. The summed E-state index contributed by atoms with van der Waals surface area (Å²) in [6.45, 7) is 0. The normalized spacial score (nSPS) is 31.1. The Morgan fingerprint density at radius 2 is 2.12 bits per heavy atom. The quantitative estimate of drug-likeness (QED) is 0.782. The smallest absolute Gasteiger partial charge is 0.142 e. The number of methoxy groups -OCH3 is 1. The topological polar surface area (TPSA) is 47.3 Å². The number of fused-ring (bicyclic) bond motifs is 2. The summed E-state index contributed by atoms with van der Waals surface area (Å²) in [5.41, 5.74) is 8.76. The molecule has 1 aromatic carbocycles. The lowest BCUT2D eigenvalue weighted by molar-refractivity contribution is 0.269. The summed E-state index contributed by atoms with van der Waals surface area (Å²) in [5.74, 6) is 1.50. The van der Waals surface area contributed by atoms with Crippen LogP contribution < -0.4 is 15.8 Å². The van der Waals surface area contributed by atoms with Gasteiger partial charge in [0.2, 0.25) is 0 Å². The van der Waals surface area contributed by atoms with Crippen LogP contribution in [-0.4, -0.2) is 13.2 Å². The molecule has 3 nitrogen and oxygen atoms in total. The molecule has 0 radical (unpaired) electrons. The van der Waals surface area contributed by atoms with Gasteiger partial charge in [-0.15, -0.1) is 0 Å². The Labute approximate surface area is 102 Å². The van der Waals surface area contributed by atoms with Crippen molar-refractivity contribution >= 4 is 5.69 Å². The van der Waals surface area contributed by atoms with Crippen LogP contribution in [0.25, 0.3) is 0 Å². The van der Waals surface area contributed by atoms with E-state index in [2.05, 4.69) is 11.4 Å². The zero-order chi connectivity index (χ0) is 11.8. The summed E-state index contributed by atoms with van der Waals surface area (Å²) >= 11 is 0. The Morgan fingerprint density at radius 3 is 2.94 bits per heavy atom. The molecule has 2 aliphatic rings. The second-order valence-corrected chi connectivity index (χ2v) is 5.15. The van der Waals surface area contributed by atoms with Gasteiger partial charge in [-0.2, -0.15) is 0 Å². The highest BCUT2D eigenvalue weighted by Crippen LogP contribution is 2.45. The molecule has 1 heterocycles. The molecule has 1 aromatic rings. The van der Waals surface area contributed by atoms with Gasteiger partial charge in [-0.1, -0.05) is 25.0 Å². The number of nitrogens with two attached hydrogens (primary N) is 1. The van der Waals surface area contributed by atoms with Crippen molar-refractivity contribution in [1.82, 2.24) is 0 Å². The molecular weight excluding hydrogens is 212 g/mol. The average molecular weight is 232 g/mol. The highest BCUT2D eigenvalue weighted by atomic mass is 16.5. The minimum atomic E-state index is 0.159. The van der Waals surface area contributed by atoms with Crippen molar-refractivity contribution in [3.05, 3.63) is 23.8 Å². The van der Waals surface area contributed by atoms with E-state index in [4.69, 9.17) is 10.5 Å². The number of anilines is 1. The third-order valence-corrected chi connectivity index (χ3v) is 4.25. The molecule has 1 aliphatic heterocycles. The number of hydrogen-bond acceptors (Lipinski definition) is 3. The molecule has 1 saturated carbocycles. The van der Waals surface area contributed by atoms with Gasteiger partial charge >= 0.3 is 0 Å². The fraction of sp³-hybridized carbons (Fsp3) is 0.571. The first kappa shape index (κ1) is 10.9. The van der Waals surface area contributed by atoms with Crippen LogP contribution in [0.1, 0.15) is 37.3 Å². The van der Waals surface area contributed by atoms with Crippen molar-refractivity contribution in [3.63, 3.8) is 0 Å². The van der Waals surface area contributed by atoms with Gasteiger partial charge in [0.05, 0.1) is 12.8 Å². The van der Waals surface area contributed by atoms with E-state index in [0.717, 1.165) is 11.4 Å². The van der Waals surface area contributed by atoms with Crippen LogP contribution in [0.15, 0.2) is 18.2 Å². The van der Waals surface area contributed by atoms with Gasteiger partial charge < -0.3 is 15.8 Å². The largest absolute Gasteiger partial charge is 0.495 e. The first-order valence-corrected chi connectivity index (χ1v) is 6.50. The number of nitrogens with one attached hydrogen (secondary N) is 1. The fourth-order valence-corrected chi connectivity index (χ4v) is 3.34. The Bertz CT molecular complexity index is 419. The van der Waals surface area contributed by atoms with E-state index in [9.17, 15) is 0 Å². The second-order valence-electron chi connectivity index (χ2n) is 5.15. The van der Waals surface area contributed by atoms with Crippen molar-refractivity contribution in [2.75, 3.05) is 12.4 Å². The summed E-state index contributed by atoms with van der Waals surface area (Å²) in [4.78, 5) is 0. The third-order valence-electron chi connectivity index (χ3n) is 4.25. The average Bonchev–Trinajstić information content (AvgIpc) is 2.38. The zero-order valence-electron chi connectivity index (χ0n) is 10.3. The molecule has 3 atom stereocenters. The SMILES string of the molecule is COc1cccc2c1NC1CCCCC1C2N. The molecule has 3 rings (SSSR count). The summed E-state index contributed by atoms with van der Waals surface area (Å²) in [5, 5.41) is 3.64. The van der Waals surface area contributed by atoms with E-state index in [-0.39, 0.29) is 6.04 Å². The van der Waals surface area contributed by atoms with E-state index >= 15 is 0 Å². The maximum atomic E-state index is 6.43.